The minimum absolute atomic E-state index is 0.0674. The van der Waals surface area contributed by atoms with Gasteiger partial charge in [0.1, 0.15) is 0 Å². The molecule has 0 aromatic rings. The molecule has 2 nitrogen and oxygen atoms in total. The first-order valence-corrected chi connectivity index (χ1v) is 5.70. The van der Waals surface area contributed by atoms with E-state index < -0.39 is 0 Å². The normalized spacial score (nSPS) is 32.9. The van der Waals surface area contributed by atoms with E-state index in [1.807, 2.05) is 6.08 Å². The zero-order valence-corrected chi connectivity index (χ0v) is 9.11. The molecule has 1 fully saturated rings. The molecule has 0 radical (unpaired) electrons. The molecule has 1 rings (SSSR count). The summed E-state index contributed by atoms with van der Waals surface area (Å²) in [5.41, 5.74) is 0. The first-order chi connectivity index (χ1) is 6.77. The predicted molar refractivity (Wildman–Crippen MR) is 58.2 cm³/mol. The second-order valence-corrected chi connectivity index (χ2v) is 4.14. The van der Waals surface area contributed by atoms with Crippen molar-refractivity contribution in [2.75, 3.05) is 6.61 Å². The maximum Gasteiger partial charge on any atom is 0.0834 e. The molecule has 2 heteroatoms. The molecular weight excluding hydrogens is 176 g/mol. The average Bonchev–Trinajstić information content (AvgIpc) is 2.20. The van der Waals surface area contributed by atoms with E-state index in [9.17, 15) is 5.11 Å². The van der Waals surface area contributed by atoms with Crippen LogP contribution < -0.4 is 0 Å². The largest absolute Gasteiger partial charge is 0.390 e. The lowest BCUT2D eigenvalue weighted by Crippen LogP contribution is -2.35. The van der Waals surface area contributed by atoms with Crippen molar-refractivity contribution in [1.29, 1.82) is 0 Å². The number of hydrogen-bond acceptors (Lipinski definition) is 2. The SMILES string of the molecule is C=CC1CCC(OCCCC)C(O)C1. The van der Waals surface area contributed by atoms with Gasteiger partial charge in [-0.1, -0.05) is 19.4 Å². The van der Waals surface area contributed by atoms with Gasteiger partial charge in [-0.2, -0.15) is 0 Å². The monoisotopic (exact) mass is 198 g/mol. The van der Waals surface area contributed by atoms with Crippen LogP contribution in [-0.4, -0.2) is 23.9 Å². The predicted octanol–water partition coefficient (Wildman–Crippen LogP) is 2.52. The molecule has 0 heterocycles. The van der Waals surface area contributed by atoms with Crippen LogP contribution >= 0.6 is 0 Å². The Labute approximate surface area is 87.0 Å². The lowest BCUT2D eigenvalue weighted by Gasteiger charge is -2.31. The van der Waals surface area contributed by atoms with Crippen LogP contribution in [0.25, 0.3) is 0 Å². The molecule has 0 saturated heterocycles. The van der Waals surface area contributed by atoms with Gasteiger partial charge in [-0.15, -0.1) is 6.58 Å². The maximum absolute atomic E-state index is 9.80. The molecule has 3 unspecified atom stereocenters. The molecule has 14 heavy (non-hydrogen) atoms. The van der Waals surface area contributed by atoms with Crippen molar-refractivity contribution >= 4 is 0 Å². The molecule has 0 spiro atoms. The topological polar surface area (TPSA) is 29.5 Å². The van der Waals surface area contributed by atoms with Gasteiger partial charge >= 0.3 is 0 Å². The number of hydrogen-bond donors (Lipinski definition) is 1. The third kappa shape index (κ3) is 3.43. The van der Waals surface area contributed by atoms with E-state index >= 15 is 0 Å². The number of aliphatic hydroxyl groups is 1. The van der Waals surface area contributed by atoms with Gasteiger partial charge in [-0.3, -0.25) is 0 Å². The molecule has 82 valence electrons. The Balaban J connectivity index is 2.23. The first-order valence-electron chi connectivity index (χ1n) is 5.70. The molecule has 0 bridgehead atoms. The Morgan fingerprint density at radius 3 is 2.86 bits per heavy atom. The standard InChI is InChI=1S/C12H22O2/c1-3-5-8-14-12-7-6-10(4-2)9-11(12)13/h4,10-13H,2-3,5-9H2,1H3. The highest BCUT2D eigenvalue weighted by Gasteiger charge is 2.27. The average molecular weight is 198 g/mol. The fraction of sp³-hybridized carbons (Fsp3) is 0.833. The van der Waals surface area contributed by atoms with Crippen LogP contribution in [0.3, 0.4) is 0 Å². The molecule has 1 N–H and O–H groups in total. The van der Waals surface area contributed by atoms with Crippen LogP contribution in [0, 0.1) is 5.92 Å². The molecule has 0 aromatic heterocycles. The summed E-state index contributed by atoms with van der Waals surface area (Å²) < 4.78 is 5.64. The van der Waals surface area contributed by atoms with Gasteiger partial charge in [0.25, 0.3) is 0 Å². The summed E-state index contributed by atoms with van der Waals surface area (Å²) in [6.07, 6.45) is 6.87. The highest BCUT2D eigenvalue weighted by Crippen LogP contribution is 2.27. The van der Waals surface area contributed by atoms with Crippen LogP contribution in [0.4, 0.5) is 0 Å². The lowest BCUT2D eigenvalue weighted by molar-refractivity contribution is -0.0663. The van der Waals surface area contributed by atoms with E-state index in [2.05, 4.69) is 13.5 Å². The summed E-state index contributed by atoms with van der Waals surface area (Å²) in [4.78, 5) is 0. The molecular formula is C12H22O2. The quantitative estimate of drug-likeness (QED) is 0.543. The molecule has 0 aliphatic heterocycles. The summed E-state index contributed by atoms with van der Waals surface area (Å²) in [5.74, 6) is 0.482. The van der Waals surface area contributed by atoms with Crippen molar-refractivity contribution in [3.05, 3.63) is 12.7 Å². The summed E-state index contributed by atoms with van der Waals surface area (Å²) in [6, 6.07) is 0. The van der Waals surface area contributed by atoms with Crippen LogP contribution in [0.5, 0.6) is 0 Å². The van der Waals surface area contributed by atoms with Gasteiger partial charge in [-0.25, -0.2) is 0 Å². The van der Waals surface area contributed by atoms with Gasteiger partial charge in [0, 0.05) is 6.61 Å². The Kier molecular flexibility index (Phi) is 5.20. The zero-order chi connectivity index (χ0) is 10.4. The summed E-state index contributed by atoms with van der Waals surface area (Å²) >= 11 is 0. The summed E-state index contributed by atoms with van der Waals surface area (Å²) in [7, 11) is 0. The highest BCUT2D eigenvalue weighted by atomic mass is 16.5. The molecule has 1 saturated carbocycles. The van der Waals surface area contributed by atoms with E-state index in [-0.39, 0.29) is 12.2 Å². The summed E-state index contributed by atoms with van der Waals surface area (Å²) in [6.45, 7) is 6.70. The van der Waals surface area contributed by atoms with E-state index in [1.54, 1.807) is 0 Å². The number of rotatable bonds is 5. The third-order valence-corrected chi connectivity index (χ3v) is 2.96. The van der Waals surface area contributed by atoms with Gasteiger partial charge in [0.05, 0.1) is 12.2 Å². The maximum atomic E-state index is 9.80. The first kappa shape index (κ1) is 11.7. The van der Waals surface area contributed by atoms with Gasteiger partial charge in [-0.05, 0) is 31.6 Å². The van der Waals surface area contributed by atoms with Gasteiger partial charge in [0.15, 0.2) is 0 Å². The molecule has 3 atom stereocenters. The number of ether oxygens (including phenoxy) is 1. The number of allylic oxidation sites excluding steroid dienone is 1. The second-order valence-electron chi connectivity index (χ2n) is 4.14. The van der Waals surface area contributed by atoms with Crippen molar-refractivity contribution in [3.8, 4) is 0 Å². The van der Waals surface area contributed by atoms with Crippen LogP contribution in [0.2, 0.25) is 0 Å². The van der Waals surface area contributed by atoms with Gasteiger partial charge < -0.3 is 9.84 Å². The minimum atomic E-state index is -0.288. The van der Waals surface area contributed by atoms with Crippen LogP contribution in [0.15, 0.2) is 12.7 Å². The van der Waals surface area contributed by atoms with Crippen LogP contribution in [-0.2, 0) is 4.74 Å². The molecule has 1 aliphatic rings. The van der Waals surface area contributed by atoms with Crippen molar-refractivity contribution in [2.45, 2.75) is 51.2 Å². The minimum Gasteiger partial charge on any atom is -0.390 e. The highest BCUT2D eigenvalue weighted by molar-refractivity contribution is 4.88. The van der Waals surface area contributed by atoms with Crippen LogP contribution in [0.1, 0.15) is 39.0 Å². The lowest BCUT2D eigenvalue weighted by atomic mass is 9.85. The van der Waals surface area contributed by atoms with E-state index in [0.29, 0.717) is 5.92 Å². The molecule has 1 aliphatic carbocycles. The van der Waals surface area contributed by atoms with E-state index in [0.717, 1.165) is 38.7 Å². The molecule has 0 aromatic carbocycles. The zero-order valence-electron chi connectivity index (χ0n) is 9.11. The Bertz CT molecular complexity index is 168. The second kappa shape index (κ2) is 6.20. The smallest absolute Gasteiger partial charge is 0.0834 e. The van der Waals surface area contributed by atoms with E-state index in [1.165, 1.54) is 0 Å². The fourth-order valence-electron chi connectivity index (χ4n) is 1.94. The third-order valence-electron chi connectivity index (χ3n) is 2.96. The molecule has 0 amide bonds. The van der Waals surface area contributed by atoms with Crippen molar-refractivity contribution < 1.29 is 9.84 Å². The van der Waals surface area contributed by atoms with Crippen molar-refractivity contribution in [2.24, 2.45) is 5.92 Å². The van der Waals surface area contributed by atoms with E-state index in [4.69, 9.17) is 4.74 Å². The Morgan fingerprint density at radius 1 is 1.50 bits per heavy atom. The fourth-order valence-corrected chi connectivity index (χ4v) is 1.94. The summed E-state index contributed by atoms with van der Waals surface area (Å²) in [5, 5.41) is 9.80. The Morgan fingerprint density at radius 2 is 2.29 bits per heavy atom. The van der Waals surface area contributed by atoms with Gasteiger partial charge in [0.2, 0.25) is 0 Å². The van der Waals surface area contributed by atoms with Crippen molar-refractivity contribution in [1.82, 2.24) is 0 Å². The number of aliphatic hydroxyl groups excluding tert-OH is 1. The Hall–Kier alpha value is -0.340. The van der Waals surface area contributed by atoms with Crippen molar-refractivity contribution in [3.63, 3.8) is 0 Å². The number of unbranched alkanes of at least 4 members (excludes halogenated alkanes) is 1.